The monoisotopic (exact) mass is 367 g/mol. The van der Waals surface area contributed by atoms with Crippen LogP contribution in [0.2, 0.25) is 0 Å². The van der Waals surface area contributed by atoms with Crippen LogP contribution in [0.15, 0.2) is 60.7 Å². The molecule has 5 nitrogen and oxygen atoms in total. The van der Waals surface area contributed by atoms with E-state index in [9.17, 15) is 9.59 Å². The van der Waals surface area contributed by atoms with E-state index in [1.807, 2.05) is 61.5 Å². The molecule has 0 saturated heterocycles. The first-order valence-electron chi connectivity index (χ1n) is 9.06. The van der Waals surface area contributed by atoms with Crippen LogP contribution in [-0.4, -0.2) is 23.0 Å². The first-order valence-corrected chi connectivity index (χ1v) is 9.06. The molecular formula is C22H25NO4. The van der Waals surface area contributed by atoms with Crippen molar-refractivity contribution < 1.29 is 19.4 Å². The van der Waals surface area contributed by atoms with Crippen molar-refractivity contribution in [3.05, 3.63) is 71.8 Å². The van der Waals surface area contributed by atoms with Crippen molar-refractivity contribution >= 4 is 18.0 Å². The van der Waals surface area contributed by atoms with Gasteiger partial charge in [0.25, 0.3) is 0 Å². The Kier molecular flexibility index (Phi) is 8.10. The molecule has 0 fully saturated rings. The van der Waals surface area contributed by atoms with Crippen LogP contribution in [0.1, 0.15) is 37.3 Å². The Labute approximate surface area is 159 Å². The second kappa shape index (κ2) is 10.8. The van der Waals surface area contributed by atoms with Crippen molar-refractivity contribution in [1.82, 2.24) is 5.32 Å². The summed E-state index contributed by atoms with van der Waals surface area (Å²) in [5.41, 5.74) is 1.88. The van der Waals surface area contributed by atoms with E-state index in [1.54, 1.807) is 6.08 Å². The van der Waals surface area contributed by atoms with Crippen molar-refractivity contribution in [3.63, 3.8) is 0 Å². The molecule has 0 aliphatic rings. The predicted octanol–water partition coefficient (Wildman–Crippen LogP) is 4.04. The molecular weight excluding hydrogens is 342 g/mol. The maximum atomic E-state index is 12.0. The minimum atomic E-state index is -1.01. The second-order valence-electron chi connectivity index (χ2n) is 6.22. The van der Waals surface area contributed by atoms with Gasteiger partial charge in [-0.3, -0.25) is 4.79 Å². The zero-order valence-corrected chi connectivity index (χ0v) is 15.4. The van der Waals surface area contributed by atoms with Crippen LogP contribution in [0.5, 0.6) is 5.75 Å². The first-order chi connectivity index (χ1) is 13.1. The third kappa shape index (κ3) is 7.36. The number of hydrogen-bond donors (Lipinski definition) is 2. The fourth-order valence-electron chi connectivity index (χ4n) is 2.51. The van der Waals surface area contributed by atoms with E-state index in [0.717, 1.165) is 24.0 Å². The molecule has 2 rings (SSSR count). The van der Waals surface area contributed by atoms with Crippen LogP contribution in [0, 0.1) is 0 Å². The normalized spacial score (nSPS) is 11.9. The minimum absolute atomic E-state index is 0.422. The first kappa shape index (κ1) is 20.2. The maximum absolute atomic E-state index is 12.0. The number of amides is 1. The molecule has 1 atom stereocenters. The molecule has 2 aromatic carbocycles. The van der Waals surface area contributed by atoms with Gasteiger partial charge in [-0.2, -0.15) is 0 Å². The van der Waals surface area contributed by atoms with Gasteiger partial charge in [-0.15, -0.1) is 0 Å². The number of carboxylic acids is 1. The summed E-state index contributed by atoms with van der Waals surface area (Å²) in [4.78, 5) is 23.2. The molecule has 2 N–H and O–H groups in total. The van der Waals surface area contributed by atoms with Crippen molar-refractivity contribution in [1.29, 1.82) is 0 Å². The lowest BCUT2D eigenvalue weighted by molar-refractivity contribution is -0.141. The van der Waals surface area contributed by atoms with E-state index >= 15 is 0 Å². The summed E-state index contributed by atoms with van der Waals surface area (Å²) in [6.07, 6.45) is 5.04. The summed E-state index contributed by atoms with van der Waals surface area (Å²) in [6, 6.07) is 16.4. The molecule has 0 radical (unpaired) electrons. The summed E-state index contributed by atoms with van der Waals surface area (Å²) in [6.45, 7) is 2.44. The topological polar surface area (TPSA) is 75.6 Å². The van der Waals surface area contributed by atoms with E-state index in [4.69, 9.17) is 9.84 Å². The molecule has 27 heavy (non-hydrogen) atoms. The highest BCUT2D eigenvalue weighted by Crippen LogP contribution is 2.16. The molecule has 0 aliphatic carbocycles. The van der Waals surface area contributed by atoms with E-state index in [1.165, 1.54) is 6.08 Å². The highest BCUT2D eigenvalue weighted by molar-refractivity contribution is 5.94. The molecule has 2 aromatic rings. The lowest BCUT2D eigenvalue weighted by Gasteiger charge is -2.12. The number of ether oxygens (including phenoxy) is 1. The molecule has 0 bridgehead atoms. The van der Waals surface area contributed by atoms with Crippen LogP contribution in [0.4, 0.5) is 0 Å². The molecule has 142 valence electrons. The Balaban J connectivity index is 1.92. The summed E-state index contributed by atoms with van der Waals surface area (Å²) in [5, 5.41) is 11.7. The summed E-state index contributed by atoms with van der Waals surface area (Å²) >= 11 is 0. The Morgan fingerprint density at radius 1 is 1.15 bits per heavy atom. The van der Waals surface area contributed by atoms with Crippen molar-refractivity contribution in [2.24, 2.45) is 0 Å². The van der Waals surface area contributed by atoms with Crippen molar-refractivity contribution in [2.45, 2.75) is 38.8 Å². The highest BCUT2D eigenvalue weighted by atomic mass is 16.5. The smallest absolute Gasteiger partial charge is 0.326 e. The van der Waals surface area contributed by atoms with Gasteiger partial charge in [-0.05, 0) is 35.8 Å². The van der Waals surface area contributed by atoms with Crippen molar-refractivity contribution in [2.75, 3.05) is 0 Å². The van der Waals surface area contributed by atoms with Gasteiger partial charge in [0.2, 0.25) is 5.91 Å². The number of carbonyl (C=O) groups is 2. The average Bonchev–Trinajstić information content (AvgIpc) is 2.69. The van der Waals surface area contributed by atoms with E-state index in [2.05, 4.69) is 5.32 Å². The summed E-state index contributed by atoms with van der Waals surface area (Å²) < 4.78 is 5.77. The lowest BCUT2D eigenvalue weighted by atomic mass is 10.1. The number of unbranched alkanes of at least 4 members (excludes halogenated alkanes) is 1. The molecule has 0 aliphatic heterocycles. The number of aliphatic carboxylic acids is 1. The van der Waals surface area contributed by atoms with Crippen LogP contribution >= 0.6 is 0 Å². The number of benzene rings is 2. The summed E-state index contributed by atoms with van der Waals surface area (Å²) in [7, 11) is 0. The Hall–Kier alpha value is -3.08. The van der Waals surface area contributed by atoms with Gasteiger partial charge < -0.3 is 15.2 Å². The molecule has 0 aromatic heterocycles. The highest BCUT2D eigenvalue weighted by Gasteiger charge is 2.17. The molecule has 1 unspecified atom stereocenters. The van der Waals surface area contributed by atoms with Crippen molar-refractivity contribution in [3.8, 4) is 5.75 Å². The maximum Gasteiger partial charge on any atom is 0.326 e. The molecule has 0 spiro atoms. The minimum Gasteiger partial charge on any atom is -0.489 e. The van der Waals surface area contributed by atoms with Gasteiger partial charge in [0.15, 0.2) is 0 Å². The molecule has 5 heteroatoms. The fourth-order valence-corrected chi connectivity index (χ4v) is 2.51. The van der Waals surface area contributed by atoms with E-state index < -0.39 is 17.9 Å². The number of carboxylic acid groups (broad SMARTS) is 1. The van der Waals surface area contributed by atoms with Gasteiger partial charge >= 0.3 is 5.97 Å². The fraction of sp³-hybridized carbons (Fsp3) is 0.273. The Morgan fingerprint density at radius 3 is 2.63 bits per heavy atom. The third-order valence-corrected chi connectivity index (χ3v) is 3.99. The lowest BCUT2D eigenvalue weighted by Crippen LogP contribution is -2.39. The van der Waals surface area contributed by atoms with Crippen LogP contribution in [0.3, 0.4) is 0 Å². The quantitative estimate of drug-likeness (QED) is 0.622. The zero-order valence-electron chi connectivity index (χ0n) is 15.4. The largest absolute Gasteiger partial charge is 0.489 e. The van der Waals surface area contributed by atoms with E-state index in [-0.39, 0.29) is 0 Å². The van der Waals surface area contributed by atoms with Gasteiger partial charge in [-0.1, -0.05) is 62.2 Å². The van der Waals surface area contributed by atoms with Crippen LogP contribution < -0.4 is 10.1 Å². The Morgan fingerprint density at radius 2 is 1.93 bits per heavy atom. The van der Waals surface area contributed by atoms with E-state index in [0.29, 0.717) is 18.8 Å². The van der Waals surface area contributed by atoms with Crippen LogP contribution in [-0.2, 0) is 16.2 Å². The third-order valence-electron chi connectivity index (χ3n) is 3.99. The SMILES string of the molecule is CCCCC(NC(=O)/C=C/c1cccc(OCc2ccccc2)c1)C(=O)O. The molecule has 0 saturated carbocycles. The van der Waals surface area contributed by atoms with Gasteiger partial charge in [0.1, 0.15) is 18.4 Å². The van der Waals surface area contributed by atoms with Gasteiger partial charge in [-0.25, -0.2) is 4.79 Å². The number of hydrogen-bond acceptors (Lipinski definition) is 3. The van der Waals surface area contributed by atoms with Gasteiger partial charge in [0, 0.05) is 6.08 Å². The standard InChI is InChI=1S/C22H25NO4/c1-2-3-12-20(22(25)26)23-21(24)14-13-17-10-7-11-19(15-17)27-16-18-8-5-4-6-9-18/h4-11,13-15,20H,2-3,12,16H2,1H3,(H,23,24)(H,25,26)/b14-13+. The number of rotatable bonds is 10. The molecule has 0 heterocycles. The number of carbonyl (C=O) groups excluding carboxylic acids is 1. The molecule has 1 amide bonds. The number of nitrogens with one attached hydrogen (secondary N) is 1. The zero-order chi connectivity index (χ0) is 19.5. The second-order valence-corrected chi connectivity index (χ2v) is 6.22. The predicted molar refractivity (Wildman–Crippen MR) is 105 cm³/mol. The Bertz CT molecular complexity index is 771. The van der Waals surface area contributed by atoms with Crippen LogP contribution in [0.25, 0.3) is 6.08 Å². The average molecular weight is 367 g/mol. The summed E-state index contributed by atoms with van der Waals surface area (Å²) in [5.74, 6) is -0.733. The van der Waals surface area contributed by atoms with Gasteiger partial charge in [0.05, 0.1) is 0 Å².